The lowest BCUT2D eigenvalue weighted by molar-refractivity contribution is -0.137. The topological polar surface area (TPSA) is 191 Å². The molecule has 12 heteroatoms. The number of hydrogen-bond acceptors (Lipinski definition) is 6. The zero-order valence-electron chi connectivity index (χ0n) is 17.5. The van der Waals surface area contributed by atoms with Gasteiger partial charge in [0.2, 0.25) is 23.6 Å². The summed E-state index contributed by atoms with van der Waals surface area (Å²) in [7, 11) is 0. The van der Waals surface area contributed by atoms with Crippen LogP contribution in [0.25, 0.3) is 0 Å². The van der Waals surface area contributed by atoms with Gasteiger partial charge in [-0.15, -0.1) is 0 Å². The van der Waals surface area contributed by atoms with Crippen molar-refractivity contribution in [3.63, 3.8) is 0 Å². The van der Waals surface area contributed by atoms with Gasteiger partial charge in [-0.1, -0.05) is 0 Å². The van der Waals surface area contributed by atoms with Crippen LogP contribution < -0.4 is 21.3 Å². The van der Waals surface area contributed by atoms with Crippen molar-refractivity contribution in [1.82, 2.24) is 21.3 Å². The first-order chi connectivity index (χ1) is 15.2. The summed E-state index contributed by atoms with van der Waals surface area (Å²) in [6.45, 7) is 0.632. The molecule has 0 spiro atoms. The predicted octanol–water partition coefficient (Wildman–Crippen LogP) is -1.18. The van der Waals surface area contributed by atoms with Gasteiger partial charge in [-0.05, 0) is 38.5 Å². The molecule has 0 aliphatic carbocycles. The molecule has 176 valence electrons. The van der Waals surface area contributed by atoms with Crippen LogP contribution in [0.3, 0.4) is 0 Å². The number of carbonyl (C=O) groups excluding carboxylic acids is 4. The highest BCUT2D eigenvalue weighted by Gasteiger charge is 2.32. The number of piperazine rings is 1. The Balaban J connectivity index is 2.20. The van der Waals surface area contributed by atoms with Gasteiger partial charge in [0.05, 0.1) is 0 Å². The Morgan fingerprint density at radius 3 is 1.41 bits per heavy atom. The molecule has 4 amide bonds. The maximum atomic E-state index is 12.2. The van der Waals surface area contributed by atoms with E-state index in [2.05, 4.69) is 21.3 Å². The molecule has 1 heterocycles. The van der Waals surface area contributed by atoms with E-state index in [0.717, 1.165) is 24.3 Å². The lowest BCUT2D eigenvalue weighted by Crippen LogP contribution is -2.61. The molecule has 0 aromatic carbocycles. The van der Waals surface area contributed by atoms with Crippen LogP contribution in [0.4, 0.5) is 0 Å². The largest absolute Gasteiger partial charge is 0.478 e. The Kier molecular flexibility index (Phi) is 11.8. The van der Waals surface area contributed by atoms with Crippen LogP contribution in [0.15, 0.2) is 24.3 Å². The van der Waals surface area contributed by atoms with Gasteiger partial charge in [-0.25, -0.2) is 9.59 Å². The van der Waals surface area contributed by atoms with Gasteiger partial charge in [-0.3, -0.25) is 19.2 Å². The quantitative estimate of drug-likeness (QED) is 0.140. The molecule has 0 bridgehead atoms. The van der Waals surface area contributed by atoms with Crippen LogP contribution in [-0.2, 0) is 28.8 Å². The van der Waals surface area contributed by atoms with E-state index in [1.165, 1.54) is 0 Å². The van der Waals surface area contributed by atoms with E-state index < -0.39 is 35.8 Å². The second-order valence-corrected chi connectivity index (χ2v) is 7.04. The van der Waals surface area contributed by atoms with Crippen molar-refractivity contribution >= 4 is 35.6 Å². The summed E-state index contributed by atoms with van der Waals surface area (Å²) < 4.78 is 0. The van der Waals surface area contributed by atoms with Crippen LogP contribution >= 0.6 is 0 Å². The number of nitrogens with one attached hydrogen (secondary N) is 4. The molecule has 1 aliphatic heterocycles. The number of aliphatic carboxylic acids is 2. The lowest BCUT2D eigenvalue weighted by Gasteiger charge is -2.29. The number of hydrogen-bond donors (Lipinski definition) is 6. The molecular formula is C20H28N4O8. The molecule has 1 aliphatic rings. The van der Waals surface area contributed by atoms with E-state index in [1.807, 2.05) is 0 Å². The second kappa shape index (κ2) is 14.3. The molecule has 6 N–H and O–H groups in total. The molecule has 0 radical (unpaired) electrons. The summed E-state index contributed by atoms with van der Waals surface area (Å²) in [5.41, 5.74) is 0. The Morgan fingerprint density at radius 2 is 1.06 bits per heavy atom. The Hall–Kier alpha value is -3.70. The molecule has 0 aromatic heterocycles. The van der Waals surface area contributed by atoms with Gasteiger partial charge >= 0.3 is 11.9 Å². The first kappa shape index (κ1) is 26.3. The highest BCUT2D eigenvalue weighted by Crippen LogP contribution is 2.10. The van der Waals surface area contributed by atoms with Crippen molar-refractivity contribution < 1.29 is 39.0 Å². The van der Waals surface area contributed by atoms with Crippen LogP contribution in [0.2, 0.25) is 0 Å². The average Bonchev–Trinajstić information content (AvgIpc) is 2.73. The van der Waals surface area contributed by atoms with E-state index in [-0.39, 0.29) is 11.8 Å². The normalized spacial score (nSPS) is 18.2. The third-order valence-corrected chi connectivity index (χ3v) is 4.46. The molecule has 2 atom stereocenters. The zero-order chi connectivity index (χ0) is 23.9. The van der Waals surface area contributed by atoms with Crippen LogP contribution in [0.5, 0.6) is 0 Å². The van der Waals surface area contributed by atoms with E-state index in [0.29, 0.717) is 51.6 Å². The van der Waals surface area contributed by atoms with Crippen LogP contribution in [-0.4, -0.2) is 71.0 Å². The number of carboxylic acid groups (broad SMARTS) is 2. The van der Waals surface area contributed by atoms with Gasteiger partial charge in [-0.2, -0.15) is 0 Å². The Bertz CT molecular complexity index is 714. The van der Waals surface area contributed by atoms with Gasteiger partial charge in [0.25, 0.3) is 0 Å². The standard InChI is InChI=1S/C20H28N4O8/c25-15(7-9-17(27)28)21-11-3-1-5-13-19(31)24-14(20(32)23-13)6-2-4-12-22-16(26)8-10-18(29)30/h7-10,13-14H,1-6,11-12H2,(H,21,25)(H,22,26)(H,23,32)(H,24,31)(H,27,28)(H,29,30). The third-order valence-electron chi connectivity index (χ3n) is 4.46. The van der Waals surface area contributed by atoms with E-state index >= 15 is 0 Å². The predicted molar refractivity (Wildman–Crippen MR) is 111 cm³/mol. The summed E-state index contributed by atoms with van der Waals surface area (Å²) in [4.78, 5) is 67.7. The summed E-state index contributed by atoms with van der Waals surface area (Å²) in [6, 6.07) is -1.30. The van der Waals surface area contributed by atoms with Crippen LogP contribution in [0.1, 0.15) is 38.5 Å². The van der Waals surface area contributed by atoms with Gasteiger partial charge in [0.15, 0.2) is 0 Å². The maximum absolute atomic E-state index is 12.2. The number of unbranched alkanes of at least 4 members (excludes halogenated alkanes) is 2. The molecule has 1 saturated heterocycles. The monoisotopic (exact) mass is 452 g/mol. The fourth-order valence-corrected chi connectivity index (χ4v) is 2.86. The lowest BCUT2D eigenvalue weighted by atomic mass is 10.0. The zero-order valence-corrected chi connectivity index (χ0v) is 17.5. The van der Waals surface area contributed by atoms with Gasteiger partial charge < -0.3 is 31.5 Å². The Labute approximate surface area is 184 Å². The summed E-state index contributed by atoms with van der Waals surface area (Å²) in [5.74, 6) is -4.03. The summed E-state index contributed by atoms with van der Waals surface area (Å²) >= 11 is 0. The van der Waals surface area contributed by atoms with Crippen molar-refractivity contribution in [2.45, 2.75) is 50.6 Å². The van der Waals surface area contributed by atoms with Crippen molar-refractivity contribution in [3.05, 3.63) is 24.3 Å². The second-order valence-electron chi connectivity index (χ2n) is 7.04. The molecule has 1 fully saturated rings. The smallest absolute Gasteiger partial charge is 0.328 e. The first-order valence-corrected chi connectivity index (χ1v) is 10.2. The summed E-state index contributed by atoms with van der Waals surface area (Å²) in [6.07, 6.45) is 6.38. The minimum Gasteiger partial charge on any atom is -0.478 e. The molecule has 12 nitrogen and oxygen atoms in total. The highest BCUT2D eigenvalue weighted by molar-refractivity contribution is 5.97. The fourth-order valence-electron chi connectivity index (χ4n) is 2.86. The van der Waals surface area contributed by atoms with E-state index in [4.69, 9.17) is 10.2 Å². The van der Waals surface area contributed by atoms with Gasteiger partial charge in [0, 0.05) is 37.4 Å². The van der Waals surface area contributed by atoms with E-state index in [1.54, 1.807) is 0 Å². The van der Waals surface area contributed by atoms with Crippen molar-refractivity contribution in [2.24, 2.45) is 0 Å². The Morgan fingerprint density at radius 1 is 0.688 bits per heavy atom. The molecule has 2 unspecified atom stereocenters. The number of rotatable bonds is 14. The van der Waals surface area contributed by atoms with E-state index in [9.17, 15) is 28.8 Å². The van der Waals surface area contributed by atoms with Crippen molar-refractivity contribution in [1.29, 1.82) is 0 Å². The molecule has 1 rings (SSSR count). The highest BCUT2D eigenvalue weighted by atomic mass is 16.4. The first-order valence-electron chi connectivity index (χ1n) is 10.2. The summed E-state index contributed by atoms with van der Waals surface area (Å²) in [5, 5.41) is 27.3. The number of carboxylic acids is 2. The molecule has 0 aromatic rings. The molecular weight excluding hydrogens is 424 g/mol. The van der Waals surface area contributed by atoms with Crippen LogP contribution in [0, 0.1) is 0 Å². The van der Waals surface area contributed by atoms with Crippen molar-refractivity contribution in [2.75, 3.05) is 13.1 Å². The van der Waals surface area contributed by atoms with Gasteiger partial charge in [0.1, 0.15) is 12.1 Å². The molecule has 32 heavy (non-hydrogen) atoms. The fraction of sp³-hybridized carbons (Fsp3) is 0.500. The van der Waals surface area contributed by atoms with Crippen molar-refractivity contribution in [3.8, 4) is 0 Å². The average molecular weight is 452 g/mol. The third kappa shape index (κ3) is 11.5. The number of amides is 4. The minimum atomic E-state index is -1.21. The minimum absolute atomic E-state index is 0.282. The maximum Gasteiger partial charge on any atom is 0.328 e. The number of carbonyl (C=O) groups is 6. The SMILES string of the molecule is O=C(O)C=CC(=O)NCCCCC1NC(=O)C(CCCCNC(=O)C=CC(=O)O)NC1=O. The molecule has 0 saturated carbocycles.